The van der Waals surface area contributed by atoms with Gasteiger partial charge in [-0.2, -0.15) is 0 Å². The van der Waals surface area contributed by atoms with E-state index in [9.17, 15) is 13.9 Å². The lowest BCUT2D eigenvalue weighted by atomic mass is 10.1. The summed E-state index contributed by atoms with van der Waals surface area (Å²) in [7, 11) is 0. The molecule has 0 spiro atoms. The first-order valence-corrected chi connectivity index (χ1v) is 6.47. The second-order valence-electron chi connectivity index (χ2n) is 4.61. The van der Waals surface area contributed by atoms with Crippen molar-refractivity contribution in [2.24, 2.45) is 0 Å². The van der Waals surface area contributed by atoms with Crippen LogP contribution in [-0.4, -0.2) is 23.1 Å². The number of furan rings is 1. The highest BCUT2D eigenvalue weighted by Crippen LogP contribution is 2.22. The fourth-order valence-electron chi connectivity index (χ4n) is 2.11. The van der Waals surface area contributed by atoms with Crippen LogP contribution in [0.25, 0.3) is 0 Å². The van der Waals surface area contributed by atoms with Crippen molar-refractivity contribution < 1.29 is 18.3 Å². The van der Waals surface area contributed by atoms with Gasteiger partial charge < -0.3 is 9.52 Å². The number of hydrogen-bond acceptors (Lipinski definition) is 3. The third kappa shape index (κ3) is 3.43. The number of halogens is 2. The van der Waals surface area contributed by atoms with Gasteiger partial charge in [0.05, 0.1) is 24.2 Å². The maximum Gasteiger partial charge on any atom is 0.131 e. The first-order valence-electron chi connectivity index (χ1n) is 6.47. The maximum absolute atomic E-state index is 13.6. The van der Waals surface area contributed by atoms with Gasteiger partial charge in [-0.25, -0.2) is 8.78 Å². The second kappa shape index (κ2) is 6.63. The third-order valence-corrected chi connectivity index (χ3v) is 3.20. The summed E-state index contributed by atoms with van der Waals surface area (Å²) in [5.41, 5.74) is 0.672. The fraction of sp³-hybridized carbons (Fsp3) is 0.333. The van der Waals surface area contributed by atoms with Gasteiger partial charge in [-0.1, -0.05) is 13.0 Å². The number of aliphatic hydroxyl groups is 1. The summed E-state index contributed by atoms with van der Waals surface area (Å²) in [5.74, 6) is -1.45. The van der Waals surface area contributed by atoms with Gasteiger partial charge in [0.15, 0.2) is 0 Å². The predicted octanol–water partition coefficient (Wildman–Crippen LogP) is 3.11. The summed E-state index contributed by atoms with van der Waals surface area (Å²) in [6, 6.07) is 5.39. The summed E-state index contributed by atoms with van der Waals surface area (Å²) in [5, 5.41) is 10.1. The molecule has 0 amide bonds. The molecule has 3 nitrogen and oxygen atoms in total. The molecule has 0 aliphatic heterocycles. The zero-order valence-corrected chi connectivity index (χ0v) is 11.2. The molecule has 0 bridgehead atoms. The van der Waals surface area contributed by atoms with Crippen molar-refractivity contribution in [2.75, 3.05) is 13.1 Å². The third-order valence-electron chi connectivity index (χ3n) is 3.20. The monoisotopic (exact) mass is 281 g/mol. The molecular formula is C15H17F2NO2. The minimum atomic E-state index is -1.21. The van der Waals surface area contributed by atoms with E-state index in [1.807, 2.05) is 17.9 Å². The highest BCUT2D eigenvalue weighted by molar-refractivity contribution is 5.22. The van der Waals surface area contributed by atoms with Gasteiger partial charge >= 0.3 is 0 Å². The molecule has 1 heterocycles. The Morgan fingerprint density at radius 3 is 2.50 bits per heavy atom. The van der Waals surface area contributed by atoms with Gasteiger partial charge in [0.25, 0.3) is 0 Å². The Hall–Kier alpha value is -1.72. The second-order valence-corrected chi connectivity index (χ2v) is 4.61. The number of aliphatic hydroxyl groups excluding tert-OH is 1. The number of benzene rings is 1. The first-order chi connectivity index (χ1) is 9.61. The van der Waals surface area contributed by atoms with Gasteiger partial charge in [0, 0.05) is 18.7 Å². The largest absolute Gasteiger partial charge is 0.472 e. The maximum atomic E-state index is 13.6. The Morgan fingerprint density at radius 2 is 1.95 bits per heavy atom. The minimum absolute atomic E-state index is 0.152. The zero-order valence-electron chi connectivity index (χ0n) is 11.2. The van der Waals surface area contributed by atoms with Crippen LogP contribution in [0.3, 0.4) is 0 Å². The average molecular weight is 281 g/mol. The number of nitrogens with zero attached hydrogens (tertiary/aromatic N) is 1. The molecule has 1 N–H and O–H groups in total. The lowest BCUT2D eigenvalue weighted by Crippen LogP contribution is -2.28. The van der Waals surface area contributed by atoms with Crippen LogP contribution in [0.1, 0.15) is 24.2 Å². The molecule has 1 unspecified atom stereocenters. The standard InChI is InChI=1S/C15H17F2NO2/c1-2-18(8-11-6-7-20-10-11)9-14(19)15-12(16)4-3-5-13(15)17/h3-7,10,14,19H,2,8-9H2,1H3. The SMILES string of the molecule is CCN(Cc1ccoc1)CC(O)c1c(F)cccc1F. The summed E-state index contributed by atoms with van der Waals surface area (Å²) in [4.78, 5) is 1.89. The molecule has 1 aromatic heterocycles. The molecule has 0 radical (unpaired) electrons. The lowest BCUT2D eigenvalue weighted by molar-refractivity contribution is 0.106. The van der Waals surface area contributed by atoms with Gasteiger partial charge in [-0.05, 0) is 24.7 Å². The molecule has 20 heavy (non-hydrogen) atoms. The van der Waals surface area contributed by atoms with Crippen molar-refractivity contribution in [3.05, 3.63) is 59.6 Å². The topological polar surface area (TPSA) is 36.6 Å². The van der Waals surface area contributed by atoms with E-state index in [0.29, 0.717) is 13.1 Å². The molecule has 0 fully saturated rings. The van der Waals surface area contributed by atoms with Gasteiger partial charge in [0.1, 0.15) is 11.6 Å². The molecule has 108 valence electrons. The normalized spacial score (nSPS) is 12.8. The van der Waals surface area contributed by atoms with Crippen LogP contribution in [0, 0.1) is 11.6 Å². The van der Waals surface area contributed by atoms with Gasteiger partial charge in [0.2, 0.25) is 0 Å². The van der Waals surface area contributed by atoms with Crippen molar-refractivity contribution in [3.63, 3.8) is 0 Å². The Balaban J connectivity index is 2.07. The molecule has 2 rings (SSSR count). The minimum Gasteiger partial charge on any atom is -0.472 e. The molecular weight excluding hydrogens is 264 g/mol. The van der Waals surface area contributed by atoms with E-state index in [1.165, 1.54) is 6.07 Å². The lowest BCUT2D eigenvalue weighted by Gasteiger charge is -2.23. The molecule has 0 saturated carbocycles. The van der Waals surface area contributed by atoms with Crippen molar-refractivity contribution in [1.29, 1.82) is 0 Å². The number of rotatable bonds is 6. The summed E-state index contributed by atoms with van der Waals surface area (Å²) < 4.78 is 32.2. The van der Waals surface area contributed by atoms with E-state index < -0.39 is 17.7 Å². The number of likely N-dealkylation sites (N-methyl/N-ethyl adjacent to an activating group) is 1. The van der Waals surface area contributed by atoms with Crippen LogP contribution in [0.5, 0.6) is 0 Å². The average Bonchev–Trinajstić information content (AvgIpc) is 2.90. The van der Waals surface area contributed by atoms with E-state index >= 15 is 0 Å². The van der Waals surface area contributed by atoms with Gasteiger partial charge in [-0.3, -0.25) is 4.90 Å². The van der Waals surface area contributed by atoms with E-state index in [-0.39, 0.29) is 12.1 Å². The van der Waals surface area contributed by atoms with E-state index in [2.05, 4.69) is 0 Å². The Morgan fingerprint density at radius 1 is 1.25 bits per heavy atom. The summed E-state index contributed by atoms with van der Waals surface area (Å²) in [6.07, 6.45) is 1.97. The summed E-state index contributed by atoms with van der Waals surface area (Å²) in [6.45, 7) is 3.28. The molecule has 1 atom stereocenters. The Bertz CT molecular complexity index is 523. The molecule has 0 aliphatic carbocycles. The molecule has 5 heteroatoms. The highest BCUT2D eigenvalue weighted by Gasteiger charge is 2.20. The highest BCUT2D eigenvalue weighted by atomic mass is 19.1. The van der Waals surface area contributed by atoms with E-state index in [4.69, 9.17) is 4.42 Å². The Labute approximate surface area is 116 Å². The van der Waals surface area contributed by atoms with Crippen molar-refractivity contribution in [3.8, 4) is 0 Å². The zero-order chi connectivity index (χ0) is 14.5. The van der Waals surface area contributed by atoms with Crippen LogP contribution in [0.4, 0.5) is 8.78 Å². The Kier molecular flexibility index (Phi) is 4.87. The molecule has 0 aliphatic rings. The van der Waals surface area contributed by atoms with E-state index in [0.717, 1.165) is 17.7 Å². The van der Waals surface area contributed by atoms with Crippen LogP contribution in [0.2, 0.25) is 0 Å². The summed E-state index contributed by atoms with van der Waals surface area (Å²) >= 11 is 0. The smallest absolute Gasteiger partial charge is 0.131 e. The van der Waals surface area contributed by atoms with Crippen molar-refractivity contribution in [2.45, 2.75) is 19.6 Å². The van der Waals surface area contributed by atoms with Crippen LogP contribution < -0.4 is 0 Å². The fourth-order valence-corrected chi connectivity index (χ4v) is 2.11. The molecule has 1 aromatic carbocycles. The molecule has 0 saturated heterocycles. The van der Waals surface area contributed by atoms with Gasteiger partial charge in [-0.15, -0.1) is 0 Å². The quantitative estimate of drug-likeness (QED) is 0.884. The van der Waals surface area contributed by atoms with Crippen LogP contribution >= 0.6 is 0 Å². The van der Waals surface area contributed by atoms with Crippen molar-refractivity contribution >= 4 is 0 Å². The van der Waals surface area contributed by atoms with E-state index in [1.54, 1.807) is 12.5 Å². The van der Waals surface area contributed by atoms with Crippen molar-refractivity contribution in [1.82, 2.24) is 4.90 Å². The predicted molar refractivity (Wildman–Crippen MR) is 71.0 cm³/mol. The molecule has 2 aromatic rings. The number of hydrogen-bond donors (Lipinski definition) is 1. The van der Waals surface area contributed by atoms with Crippen LogP contribution in [0.15, 0.2) is 41.2 Å². The van der Waals surface area contributed by atoms with Crippen LogP contribution in [-0.2, 0) is 6.54 Å². The first kappa shape index (κ1) is 14.7.